The van der Waals surface area contributed by atoms with Gasteiger partial charge in [0.1, 0.15) is 0 Å². The molecule has 8 heteroatoms. The molecule has 1 aromatic heterocycles. The van der Waals surface area contributed by atoms with Crippen molar-refractivity contribution in [3.63, 3.8) is 0 Å². The summed E-state index contributed by atoms with van der Waals surface area (Å²) in [6.45, 7) is 0.254. The predicted octanol–water partition coefficient (Wildman–Crippen LogP) is 4.05. The molecule has 6 nitrogen and oxygen atoms in total. The van der Waals surface area contributed by atoms with E-state index < -0.39 is 0 Å². The summed E-state index contributed by atoms with van der Waals surface area (Å²) in [5.41, 5.74) is 8.13. The molecule has 150 valence electrons. The van der Waals surface area contributed by atoms with Gasteiger partial charge in [-0.2, -0.15) is 0 Å². The van der Waals surface area contributed by atoms with E-state index in [1.54, 1.807) is 0 Å². The van der Waals surface area contributed by atoms with Crippen LogP contribution in [0.25, 0.3) is 11.3 Å². The number of nitrogens with two attached hydrogens (primary N) is 1. The van der Waals surface area contributed by atoms with E-state index >= 15 is 0 Å². The molecule has 28 heavy (non-hydrogen) atoms. The van der Waals surface area contributed by atoms with E-state index in [1.807, 2.05) is 23.6 Å². The van der Waals surface area contributed by atoms with Gasteiger partial charge >= 0.3 is 0 Å². The number of nitrogens with zero attached hydrogens (tertiary/aromatic N) is 1. The molecule has 3 N–H and O–H groups in total. The van der Waals surface area contributed by atoms with Crippen molar-refractivity contribution < 1.29 is 14.3 Å². The minimum absolute atomic E-state index is 0. The van der Waals surface area contributed by atoms with Gasteiger partial charge in [-0.1, -0.05) is 6.42 Å². The first-order chi connectivity index (χ1) is 13.2. The van der Waals surface area contributed by atoms with Gasteiger partial charge in [-0.05, 0) is 55.7 Å². The lowest BCUT2D eigenvalue weighted by Gasteiger charge is -2.43. The molecule has 2 fully saturated rings. The maximum atomic E-state index is 12.8. The number of fused-ring (bicyclic) bond motifs is 3. The lowest BCUT2D eigenvalue weighted by Crippen LogP contribution is -2.48. The topological polar surface area (TPSA) is 86.5 Å². The van der Waals surface area contributed by atoms with Crippen molar-refractivity contribution in [2.75, 3.05) is 12.1 Å². The van der Waals surface area contributed by atoms with Crippen molar-refractivity contribution in [1.82, 2.24) is 4.98 Å². The summed E-state index contributed by atoms with van der Waals surface area (Å²) >= 11 is 1.45. The van der Waals surface area contributed by atoms with Crippen LogP contribution in [0.3, 0.4) is 0 Å². The molecule has 0 saturated heterocycles. The van der Waals surface area contributed by atoms with E-state index in [2.05, 4.69) is 10.3 Å². The van der Waals surface area contributed by atoms with Gasteiger partial charge in [-0.25, -0.2) is 4.98 Å². The van der Waals surface area contributed by atoms with Crippen molar-refractivity contribution in [2.24, 2.45) is 23.5 Å². The van der Waals surface area contributed by atoms with Crippen LogP contribution < -0.4 is 20.5 Å². The number of benzene rings is 1. The van der Waals surface area contributed by atoms with Crippen LogP contribution in [0.1, 0.15) is 32.1 Å². The second-order valence-electron chi connectivity index (χ2n) is 7.79. The number of hydrogen-bond acceptors (Lipinski definition) is 6. The fraction of sp³-hybridized carbons (Fsp3) is 0.500. The Morgan fingerprint density at radius 2 is 1.93 bits per heavy atom. The third-order valence-corrected chi connectivity index (χ3v) is 6.94. The van der Waals surface area contributed by atoms with Crippen molar-refractivity contribution >= 4 is 34.8 Å². The number of rotatable bonds is 3. The Balaban J connectivity index is 0.00000192. The molecule has 2 saturated carbocycles. The van der Waals surface area contributed by atoms with Crippen LogP contribution in [-0.4, -0.2) is 23.7 Å². The number of anilines is 1. The summed E-state index contributed by atoms with van der Waals surface area (Å²) < 4.78 is 10.8. The number of thiazole rings is 1. The standard InChI is InChI=1S/C20H23N3O3S.ClH/c21-18-12-2-1-3-13(18)7-14(6-12)19(24)23-20-22-15(9-27-20)11-4-5-16-17(8-11)26-10-25-16;/h4-5,8-9,12-14,18H,1-3,6-7,10,21H2,(H,22,23,24);1H. The Bertz CT molecular complexity index is 860. The van der Waals surface area contributed by atoms with Gasteiger partial charge in [-0.15, -0.1) is 23.7 Å². The van der Waals surface area contributed by atoms with Gasteiger partial charge in [0.2, 0.25) is 12.7 Å². The Hall–Kier alpha value is -1.83. The van der Waals surface area contributed by atoms with Crippen molar-refractivity contribution in [2.45, 2.75) is 38.1 Å². The Kier molecular flexibility index (Phi) is 5.49. The number of aromatic nitrogens is 1. The molecule has 1 aliphatic heterocycles. The van der Waals surface area contributed by atoms with E-state index in [0.29, 0.717) is 17.0 Å². The minimum Gasteiger partial charge on any atom is -0.454 e. The normalized spacial score (nSPS) is 27.8. The summed E-state index contributed by atoms with van der Waals surface area (Å²) in [5, 5.41) is 5.63. The van der Waals surface area contributed by atoms with E-state index in [-0.39, 0.29) is 37.1 Å². The molecule has 5 rings (SSSR count). The van der Waals surface area contributed by atoms with Gasteiger partial charge in [0, 0.05) is 22.9 Å². The molecule has 2 atom stereocenters. The zero-order chi connectivity index (χ0) is 18.4. The summed E-state index contributed by atoms with van der Waals surface area (Å²) in [5.74, 6) is 2.62. The second-order valence-corrected chi connectivity index (χ2v) is 8.65. The molecule has 0 spiro atoms. The van der Waals surface area contributed by atoms with Crippen LogP contribution in [0.4, 0.5) is 5.13 Å². The molecule has 0 radical (unpaired) electrons. The van der Waals surface area contributed by atoms with Crippen LogP contribution in [0, 0.1) is 17.8 Å². The van der Waals surface area contributed by atoms with Crippen LogP contribution in [0.15, 0.2) is 23.6 Å². The highest BCUT2D eigenvalue weighted by Gasteiger charge is 2.40. The average Bonchev–Trinajstić information content (AvgIpc) is 3.29. The van der Waals surface area contributed by atoms with Crippen molar-refractivity contribution in [1.29, 1.82) is 0 Å². The smallest absolute Gasteiger partial charge is 0.231 e. The molecule has 2 unspecified atom stereocenters. The Labute approximate surface area is 174 Å². The largest absolute Gasteiger partial charge is 0.454 e. The van der Waals surface area contributed by atoms with Crippen molar-refractivity contribution in [3.8, 4) is 22.8 Å². The average molecular weight is 422 g/mol. The van der Waals surface area contributed by atoms with Gasteiger partial charge in [0.05, 0.1) is 5.69 Å². The molecule has 3 aliphatic rings. The van der Waals surface area contributed by atoms with E-state index in [1.165, 1.54) is 17.8 Å². The number of carbonyl (C=O) groups excluding carboxylic acids is 1. The first kappa shape index (κ1) is 19.5. The Morgan fingerprint density at radius 3 is 2.71 bits per heavy atom. The van der Waals surface area contributed by atoms with Crippen LogP contribution in [0.5, 0.6) is 11.5 Å². The zero-order valence-electron chi connectivity index (χ0n) is 15.4. The highest BCUT2D eigenvalue weighted by Crippen LogP contribution is 2.42. The fourth-order valence-electron chi connectivity index (χ4n) is 4.73. The molecular formula is C20H24ClN3O3S. The van der Waals surface area contributed by atoms with Gasteiger partial charge in [0.25, 0.3) is 0 Å². The second kappa shape index (κ2) is 7.89. The summed E-state index contributed by atoms with van der Waals surface area (Å²) in [4.78, 5) is 17.4. The molecule has 1 aromatic carbocycles. The van der Waals surface area contributed by atoms with Gasteiger partial charge in [-0.3, -0.25) is 4.79 Å². The zero-order valence-corrected chi connectivity index (χ0v) is 17.1. The van der Waals surface area contributed by atoms with Crippen LogP contribution in [0.2, 0.25) is 0 Å². The lowest BCUT2D eigenvalue weighted by molar-refractivity contribution is -0.122. The molecule has 2 heterocycles. The highest BCUT2D eigenvalue weighted by molar-refractivity contribution is 7.14. The number of nitrogens with one attached hydrogen (secondary N) is 1. The molecule has 2 aromatic rings. The first-order valence-corrected chi connectivity index (χ1v) is 10.5. The summed E-state index contributed by atoms with van der Waals surface area (Å²) in [6.07, 6.45) is 5.39. The predicted molar refractivity (Wildman–Crippen MR) is 111 cm³/mol. The number of halogens is 1. The first-order valence-electron chi connectivity index (χ1n) is 9.59. The van der Waals surface area contributed by atoms with E-state index in [4.69, 9.17) is 15.2 Å². The summed E-state index contributed by atoms with van der Waals surface area (Å²) in [7, 11) is 0. The maximum Gasteiger partial charge on any atom is 0.231 e. The lowest BCUT2D eigenvalue weighted by atomic mass is 9.65. The third-order valence-electron chi connectivity index (χ3n) is 6.19. The number of carbonyl (C=O) groups is 1. The molecule has 2 aliphatic carbocycles. The summed E-state index contributed by atoms with van der Waals surface area (Å²) in [6, 6.07) is 6.05. The van der Waals surface area contributed by atoms with E-state index in [9.17, 15) is 4.79 Å². The SMILES string of the molecule is Cl.NC1C2CCCC1CC(C(=O)Nc1nc(-c3ccc4c(c3)OCO4)cs1)C2. The van der Waals surface area contributed by atoms with Crippen LogP contribution >= 0.6 is 23.7 Å². The van der Waals surface area contributed by atoms with E-state index in [0.717, 1.165) is 48.4 Å². The van der Waals surface area contributed by atoms with Crippen molar-refractivity contribution in [3.05, 3.63) is 23.6 Å². The Morgan fingerprint density at radius 1 is 1.18 bits per heavy atom. The monoisotopic (exact) mass is 421 g/mol. The van der Waals surface area contributed by atoms with Gasteiger partial charge < -0.3 is 20.5 Å². The highest BCUT2D eigenvalue weighted by atomic mass is 35.5. The maximum absolute atomic E-state index is 12.8. The van der Waals surface area contributed by atoms with Gasteiger partial charge in [0.15, 0.2) is 16.6 Å². The van der Waals surface area contributed by atoms with Crippen LogP contribution in [-0.2, 0) is 4.79 Å². The minimum atomic E-state index is 0. The number of ether oxygens (including phenoxy) is 2. The third kappa shape index (κ3) is 3.58. The fourth-order valence-corrected chi connectivity index (χ4v) is 5.45. The molecular weight excluding hydrogens is 398 g/mol. The quantitative estimate of drug-likeness (QED) is 0.780. The number of amides is 1. The molecule has 2 bridgehead atoms. The molecule has 1 amide bonds. The number of hydrogen-bond donors (Lipinski definition) is 2.